The number of benzene rings is 2. The molecule has 3 rings (SSSR count). The van der Waals surface area contributed by atoms with E-state index < -0.39 is 29.8 Å². The molecule has 0 fully saturated rings. The molecule has 1 amide bonds. The quantitative estimate of drug-likeness (QED) is 0.291. The van der Waals surface area contributed by atoms with Crippen molar-refractivity contribution in [3.63, 3.8) is 0 Å². The summed E-state index contributed by atoms with van der Waals surface area (Å²) in [5, 5.41) is 2.59. The molecule has 0 saturated heterocycles. The van der Waals surface area contributed by atoms with E-state index in [0.717, 1.165) is 27.8 Å². The Balaban J connectivity index is 1.89. The molecule has 8 heteroatoms. The smallest absolute Gasteiger partial charge is 0.333 e. The van der Waals surface area contributed by atoms with Gasteiger partial charge in [-0.05, 0) is 49.9 Å². The van der Waals surface area contributed by atoms with Crippen molar-refractivity contribution in [1.82, 2.24) is 10.3 Å². The zero-order chi connectivity index (χ0) is 28.7. The Morgan fingerprint density at radius 2 is 1.41 bits per heavy atom. The molecular weight excluding hydrogens is 496 g/mol. The summed E-state index contributed by atoms with van der Waals surface area (Å²) < 4.78 is 16.5. The van der Waals surface area contributed by atoms with Crippen molar-refractivity contribution in [2.24, 2.45) is 5.92 Å². The van der Waals surface area contributed by atoms with Gasteiger partial charge in [0, 0.05) is 17.8 Å². The van der Waals surface area contributed by atoms with E-state index in [0.29, 0.717) is 5.76 Å². The van der Waals surface area contributed by atoms with Gasteiger partial charge in [0.05, 0.1) is 13.0 Å². The van der Waals surface area contributed by atoms with E-state index in [1.807, 2.05) is 62.4 Å². The monoisotopic (exact) mass is 530 g/mol. The van der Waals surface area contributed by atoms with Gasteiger partial charge in [-0.15, -0.1) is 0 Å². The van der Waals surface area contributed by atoms with Crippen LogP contribution >= 0.6 is 0 Å². The van der Waals surface area contributed by atoms with Gasteiger partial charge < -0.3 is 19.5 Å². The van der Waals surface area contributed by atoms with Crippen molar-refractivity contribution < 1.29 is 28.6 Å². The lowest BCUT2D eigenvalue weighted by Gasteiger charge is -2.19. The molecule has 39 heavy (non-hydrogen) atoms. The van der Waals surface area contributed by atoms with E-state index in [1.54, 1.807) is 20.8 Å². The average molecular weight is 531 g/mol. The van der Waals surface area contributed by atoms with Crippen LogP contribution in [0.3, 0.4) is 0 Å². The molecule has 0 saturated carbocycles. The van der Waals surface area contributed by atoms with Gasteiger partial charge in [0.1, 0.15) is 11.8 Å². The highest BCUT2D eigenvalue weighted by molar-refractivity contribution is 5.99. The summed E-state index contributed by atoms with van der Waals surface area (Å²) in [6.07, 6.45) is 1.35. The molecule has 2 aromatic carbocycles. The van der Waals surface area contributed by atoms with Gasteiger partial charge in [0.15, 0.2) is 11.4 Å². The van der Waals surface area contributed by atoms with Crippen LogP contribution < -0.4 is 14.8 Å². The van der Waals surface area contributed by atoms with Crippen LogP contribution in [0.15, 0.2) is 66.6 Å². The summed E-state index contributed by atoms with van der Waals surface area (Å²) in [7, 11) is 1.39. The molecule has 0 spiro atoms. The first kappa shape index (κ1) is 29.1. The average Bonchev–Trinajstić information content (AvgIpc) is 2.90. The summed E-state index contributed by atoms with van der Waals surface area (Å²) in [5.41, 5.74) is 4.53. The van der Waals surface area contributed by atoms with Crippen molar-refractivity contribution in [2.45, 2.75) is 47.6 Å². The summed E-state index contributed by atoms with van der Waals surface area (Å²) in [4.78, 5) is 42.5. The molecule has 3 aromatic rings. The van der Waals surface area contributed by atoms with Crippen LogP contribution in [-0.2, 0) is 14.3 Å². The largest absolute Gasteiger partial charge is 0.493 e. The Morgan fingerprint density at radius 1 is 0.846 bits per heavy atom. The number of pyridine rings is 1. The first-order valence-corrected chi connectivity index (χ1v) is 12.6. The van der Waals surface area contributed by atoms with Crippen LogP contribution in [0.2, 0.25) is 0 Å². The number of hydrogen-bond acceptors (Lipinski definition) is 7. The number of hydrogen-bond donors (Lipinski definition) is 1. The van der Waals surface area contributed by atoms with Crippen LogP contribution in [0.25, 0.3) is 5.57 Å². The second-order valence-electron chi connectivity index (χ2n) is 9.44. The van der Waals surface area contributed by atoms with Gasteiger partial charge in [0.2, 0.25) is 5.75 Å². The van der Waals surface area contributed by atoms with Gasteiger partial charge in [-0.3, -0.25) is 9.59 Å². The fraction of sp³-hybridized carbons (Fsp3) is 0.290. The summed E-state index contributed by atoms with van der Waals surface area (Å²) >= 11 is 0. The van der Waals surface area contributed by atoms with E-state index in [1.165, 1.54) is 26.3 Å². The lowest BCUT2D eigenvalue weighted by molar-refractivity contribution is -0.141. The van der Waals surface area contributed by atoms with E-state index in [4.69, 9.17) is 14.2 Å². The van der Waals surface area contributed by atoms with Crippen LogP contribution in [0.4, 0.5) is 0 Å². The number of allylic oxidation sites excluding steroid dienone is 1. The molecule has 204 valence electrons. The van der Waals surface area contributed by atoms with Crippen molar-refractivity contribution in [2.75, 3.05) is 7.11 Å². The van der Waals surface area contributed by atoms with E-state index >= 15 is 0 Å². The summed E-state index contributed by atoms with van der Waals surface area (Å²) in [6.45, 7) is 10.6. The predicted octanol–water partition coefficient (Wildman–Crippen LogP) is 5.41. The van der Waals surface area contributed by atoms with Gasteiger partial charge >= 0.3 is 11.9 Å². The molecular formula is C31H34N2O6. The van der Waals surface area contributed by atoms with Gasteiger partial charge in [0.25, 0.3) is 5.91 Å². The van der Waals surface area contributed by atoms with Crippen LogP contribution in [-0.4, -0.2) is 36.0 Å². The molecule has 1 N–H and O–H groups in total. The topological polar surface area (TPSA) is 104 Å². The number of aromatic nitrogens is 1. The molecule has 0 aliphatic heterocycles. The zero-order valence-corrected chi connectivity index (χ0v) is 23.3. The number of ether oxygens (including phenoxy) is 3. The van der Waals surface area contributed by atoms with Crippen molar-refractivity contribution >= 4 is 23.4 Å². The number of esters is 2. The number of amides is 1. The van der Waals surface area contributed by atoms with Crippen molar-refractivity contribution in [1.29, 1.82) is 0 Å². The molecule has 0 unspecified atom stereocenters. The summed E-state index contributed by atoms with van der Waals surface area (Å²) in [5.74, 6) is -1.92. The zero-order valence-electron chi connectivity index (χ0n) is 23.3. The third-order valence-corrected chi connectivity index (χ3v) is 6.11. The lowest BCUT2D eigenvalue weighted by atomic mass is 9.91. The SMILES string of the molecule is COc1ccnc(C(=O)N[C@@H](C)C(=O)OC(C)=C(c2ccccc2C)c2ccccc2C)c1OC(=O)C(C)C. The Bertz CT molecular complexity index is 1360. The van der Waals surface area contributed by atoms with Crippen LogP contribution in [0.5, 0.6) is 11.5 Å². The molecule has 0 bridgehead atoms. The number of aryl methyl sites for hydroxylation is 2. The maximum atomic E-state index is 13.1. The van der Waals surface area contributed by atoms with Gasteiger partial charge in [-0.1, -0.05) is 62.4 Å². The third kappa shape index (κ3) is 6.90. The molecule has 8 nitrogen and oxygen atoms in total. The van der Waals surface area contributed by atoms with E-state index in [-0.39, 0.29) is 17.2 Å². The number of nitrogens with one attached hydrogen (secondary N) is 1. The minimum atomic E-state index is -1.04. The van der Waals surface area contributed by atoms with Gasteiger partial charge in [-0.25, -0.2) is 9.78 Å². The highest BCUT2D eigenvalue weighted by Crippen LogP contribution is 2.32. The maximum absolute atomic E-state index is 13.1. The highest BCUT2D eigenvalue weighted by atomic mass is 16.6. The maximum Gasteiger partial charge on any atom is 0.333 e. The second-order valence-corrected chi connectivity index (χ2v) is 9.44. The normalized spacial score (nSPS) is 11.4. The Labute approximate surface area is 229 Å². The Morgan fingerprint density at radius 3 is 1.92 bits per heavy atom. The van der Waals surface area contributed by atoms with Gasteiger partial charge in [-0.2, -0.15) is 0 Å². The lowest BCUT2D eigenvalue weighted by Crippen LogP contribution is -2.40. The number of carbonyl (C=O) groups is 3. The number of nitrogens with zero attached hydrogens (tertiary/aromatic N) is 1. The van der Waals surface area contributed by atoms with Crippen molar-refractivity contribution in [3.05, 3.63) is 94.5 Å². The Kier molecular flexibility index (Phi) is 9.60. The number of carbonyl (C=O) groups excluding carboxylic acids is 3. The standard InChI is InChI=1S/C31H34N2O6/c1-18(2)30(35)39-28-25(37-7)16-17-32-27(28)29(34)33-21(5)31(36)38-22(6)26(23-14-10-8-12-19(23)3)24-15-11-9-13-20(24)4/h8-18,21H,1-7H3,(H,33,34)/t21-/m0/s1. The number of methoxy groups -OCH3 is 1. The number of rotatable bonds is 9. The van der Waals surface area contributed by atoms with E-state index in [9.17, 15) is 14.4 Å². The molecule has 0 radical (unpaired) electrons. The molecule has 1 aromatic heterocycles. The summed E-state index contributed by atoms with van der Waals surface area (Å²) in [6, 6.07) is 16.2. The predicted molar refractivity (Wildman–Crippen MR) is 148 cm³/mol. The molecule has 1 atom stereocenters. The first-order chi connectivity index (χ1) is 18.5. The highest BCUT2D eigenvalue weighted by Gasteiger charge is 2.27. The fourth-order valence-corrected chi connectivity index (χ4v) is 3.92. The second kappa shape index (κ2) is 12.9. The first-order valence-electron chi connectivity index (χ1n) is 12.6. The molecule has 0 aliphatic carbocycles. The van der Waals surface area contributed by atoms with Crippen LogP contribution in [0.1, 0.15) is 60.4 Å². The minimum absolute atomic E-state index is 0.116. The van der Waals surface area contributed by atoms with E-state index in [2.05, 4.69) is 10.3 Å². The minimum Gasteiger partial charge on any atom is -0.493 e. The molecule has 1 heterocycles. The van der Waals surface area contributed by atoms with Crippen molar-refractivity contribution in [3.8, 4) is 11.5 Å². The van der Waals surface area contributed by atoms with Crippen LogP contribution in [0, 0.1) is 19.8 Å². The third-order valence-electron chi connectivity index (χ3n) is 6.11. The molecule has 0 aliphatic rings. The fourth-order valence-electron chi connectivity index (χ4n) is 3.92. The Hall–Kier alpha value is -4.46.